The molecule has 2 aromatic carbocycles. The zero-order valence-electron chi connectivity index (χ0n) is 48.0. The van der Waals surface area contributed by atoms with Crippen molar-refractivity contribution in [3.63, 3.8) is 0 Å². The molecule has 3 aromatic rings. The van der Waals surface area contributed by atoms with Crippen LogP contribution in [0.2, 0.25) is 5.02 Å². The molecule has 1 aromatic heterocycles. The van der Waals surface area contributed by atoms with E-state index >= 15 is 4.79 Å². The summed E-state index contributed by atoms with van der Waals surface area (Å²) < 4.78 is 12.5. The molecule has 6 fully saturated rings. The summed E-state index contributed by atoms with van der Waals surface area (Å²) in [5.41, 5.74) is 22.6. The number of amides is 6. The number of likely N-dealkylation sites (tertiary alicyclic amines) is 1. The van der Waals surface area contributed by atoms with Crippen molar-refractivity contribution >= 4 is 58.4 Å². The number of β-amino-alcohol motifs (C(OH)–C–C–N with tert-alkyl or cyclic N) is 1. The number of nitrogens with two attached hydrogens (primary N) is 2. The number of aliphatic hydroxyl groups excluding tert-OH is 1. The maximum atomic E-state index is 15.3. The summed E-state index contributed by atoms with van der Waals surface area (Å²) in [6.45, 7) is 11.0. The van der Waals surface area contributed by atoms with E-state index < -0.39 is 41.6 Å². The number of fused-ring (bicyclic) bond motifs is 2. The molecular weight excluding hydrogens is 1090 g/mol. The predicted octanol–water partition coefficient (Wildman–Crippen LogP) is 4.12. The van der Waals surface area contributed by atoms with Crippen molar-refractivity contribution in [1.82, 2.24) is 50.8 Å². The molecule has 10 rings (SSSR count). The number of allylic oxidation sites excluding steroid dienone is 1. The molecule has 23 heteroatoms. The lowest BCUT2D eigenvalue weighted by Gasteiger charge is -2.41. The number of carbonyl (C=O) groups excluding carboxylic acids is 6. The van der Waals surface area contributed by atoms with Crippen LogP contribution in [-0.2, 0) is 39.9 Å². The Morgan fingerprint density at radius 1 is 1.02 bits per heavy atom. The SMILES string of the molecule is CC(=O)N1CC[C@H]2CC[C@@H](C(=O)N[C@@H](CCC(N)=O)COc3cccc(CCCCC(=O)N4CC5=C(C6CC6)N(C)NN5[C@H](C(=O)N5C[C@H](O)C[C@H]5C5OC5N[C@@H](C)c5ccc(-c6scnc6C)cc5)C(C)(C)C4)c3Cl)N2C(=O)[C@@H](N)C1. The minimum absolute atomic E-state index is 0.00553. The average Bonchev–Trinajstić information content (AvgIpc) is 4.19. The molecule has 82 heavy (non-hydrogen) atoms. The van der Waals surface area contributed by atoms with E-state index in [0.717, 1.165) is 51.5 Å². The first-order valence-electron chi connectivity index (χ1n) is 29.2. The van der Waals surface area contributed by atoms with E-state index in [-0.39, 0.29) is 99.0 Å². The predicted molar refractivity (Wildman–Crippen MR) is 309 cm³/mol. The molecule has 8 N–H and O–H groups in total. The topological polar surface area (TPSA) is 265 Å². The quantitative estimate of drug-likeness (QED) is 0.0687. The lowest BCUT2D eigenvalue weighted by Crippen LogP contribution is -2.60. The van der Waals surface area contributed by atoms with Crippen LogP contribution in [0.1, 0.15) is 121 Å². The lowest BCUT2D eigenvalue weighted by molar-refractivity contribution is -0.145. The van der Waals surface area contributed by atoms with Crippen LogP contribution in [0.15, 0.2) is 59.4 Å². The number of aromatic nitrogens is 1. The number of thiazole rings is 1. The largest absolute Gasteiger partial charge is 0.490 e. The number of nitrogens with one attached hydrogen (secondary N) is 3. The maximum Gasteiger partial charge on any atom is 0.248 e. The van der Waals surface area contributed by atoms with Crippen molar-refractivity contribution in [3.8, 4) is 16.2 Å². The Hall–Kier alpha value is -5.88. The monoisotopic (exact) mass is 1170 g/mol. The summed E-state index contributed by atoms with van der Waals surface area (Å²) in [7, 11) is 1.98. The molecule has 0 spiro atoms. The molecular formula is C59H81ClN12O9S. The highest BCUT2D eigenvalue weighted by atomic mass is 35.5. The van der Waals surface area contributed by atoms with Crippen LogP contribution in [-0.4, -0.2) is 176 Å². The molecule has 1 aliphatic carbocycles. The van der Waals surface area contributed by atoms with Crippen molar-refractivity contribution in [1.29, 1.82) is 0 Å². The van der Waals surface area contributed by atoms with Crippen LogP contribution in [0.4, 0.5) is 0 Å². The molecule has 2 unspecified atom stereocenters. The number of aliphatic hydroxyl groups is 1. The summed E-state index contributed by atoms with van der Waals surface area (Å²) in [5, 5.41) is 22.2. The van der Waals surface area contributed by atoms with E-state index in [4.69, 9.17) is 32.5 Å². The average molecular weight is 1170 g/mol. The third-order valence-corrected chi connectivity index (χ3v) is 19.1. The van der Waals surface area contributed by atoms with Gasteiger partial charge in [0.15, 0.2) is 0 Å². The molecule has 444 valence electrons. The number of unbranched alkanes of at least 4 members (excludes halogenated alkanes) is 1. The molecule has 0 bridgehead atoms. The van der Waals surface area contributed by atoms with E-state index in [1.807, 2.05) is 51.4 Å². The van der Waals surface area contributed by atoms with Gasteiger partial charge in [0.25, 0.3) is 0 Å². The number of primary amides is 1. The third kappa shape index (κ3) is 12.9. The van der Waals surface area contributed by atoms with Gasteiger partial charge in [-0.2, -0.15) is 0 Å². The van der Waals surface area contributed by atoms with Gasteiger partial charge in [-0.3, -0.25) is 44.1 Å². The molecule has 1 saturated carbocycles. The smallest absolute Gasteiger partial charge is 0.248 e. The molecule has 6 amide bonds. The first-order chi connectivity index (χ1) is 39.2. The van der Waals surface area contributed by atoms with Gasteiger partial charge in [0.1, 0.15) is 42.8 Å². The Morgan fingerprint density at radius 3 is 2.50 bits per heavy atom. The van der Waals surface area contributed by atoms with Crippen LogP contribution < -0.4 is 32.4 Å². The highest BCUT2D eigenvalue weighted by molar-refractivity contribution is 7.13. The number of hydrogen-bond acceptors (Lipinski definition) is 16. The minimum atomic E-state index is -0.961. The summed E-state index contributed by atoms with van der Waals surface area (Å²) in [5.74, 6) is -0.837. The number of hydrogen-bond donors (Lipinski definition) is 6. The van der Waals surface area contributed by atoms with Crippen LogP contribution in [0.5, 0.6) is 5.75 Å². The molecule has 21 nitrogen and oxygen atoms in total. The van der Waals surface area contributed by atoms with Gasteiger partial charge in [0.2, 0.25) is 35.4 Å². The second-order valence-corrected chi connectivity index (χ2v) is 25.6. The highest BCUT2D eigenvalue weighted by Gasteiger charge is 2.57. The molecule has 7 aliphatic rings. The second kappa shape index (κ2) is 24.8. The van der Waals surface area contributed by atoms with Crippen LogP contribution in [0.3, 0.4) is 0 Å². The number of aryl methyl sites for hydroxylation is 2. The molecule has 0 radical (unpaired) electrons. The molecule has 10 atom stereocenters. The zero-order valence-corrected chi connectivity index (χ0v) is 49.6. The van der Waals surface area contributed by atoms with Gasteiger partial charge in [0, 0.05) is 76.4 Å². The normalized spacial score (nSPS) is 26.9. The number of epoxide rings is 1. The van der Waals surface area contributed by atoms with Gasteiger partial charge >= 0.3 is 0 Å². The standard InChI is InChI=1S/C59H81ClN12O9S/c1-33(36-14-18-39(19-15-36)53-34(2)63-32-82-53)64-56-52(81-56)45-26-42(74)27-70(45)58(79)54-59(4,5)31-69(29-46-51(38-16-17-38)67(6)66-72(46)54)49(76)13-8-7-10-37-11-9-12-47(50(37)60)80-30-40(20-23-48(62)75)65-55(77)44-22-21-41-24-25-68(35(3)73)28-43(61)57(78)71(41)44/h9,11-12,14-15,18-19,32-33,38,40-45,52,54,56,64,66,74H,7-8,10,13,16-17,20-31,61H2,1-6H3,(H2,62,75)(H,65,77)/t33-,40-,41+,42+,43-,44-,45-,52?,54+,56?/m0/s1. The van der Waals surface area contributed by atoms with Crippen molar-refractivity contribution in [2.45, 2.75) is 172 Å². The number of benzene rings is 2. The van der Waals surface area contributed by atoms with Crippen molar-refractivity contribution in [2.24, 2.45) is 22.8 Å². The van der Waals surface area contributed by atoms with Gasteiger partial charge in [-0.15, -0.1) is 16.9 Å². The Morgan fingerprint density at radius 2 is 1.79 bits per heavy atom. The van der Waals surface area contributed by atoms with E-state index in [2.05, 4.69) is 66.2 Å². The fraction of sp³-hybridized carbons (Fsp3) is 0.610. The summed E-state index contributed by atoms with van der Waals surface area (Å²) >= 11 is 8.62. The number of hydrazine groups is 2. The fourth-order valence-corrected chi connectivity index (χ4v) is 14.2. The van der Waals surface area contributed by atoms with Gasteiger partial charge in [-0.25, -0.2) is 4.98 Å². The number of rotatable bonds is 20. The van der Waals surface area contributed by atoms with Gasteiger partial charge in [-0.05, 0) is 101 Å². The Balaban J connectivity index is 0.750. The molecule has 6 aliphatic heterocycles. The van der Waals surface area contributed by atoms with Crippen molar-refractivity contribution in [3.05, 3.63) is 81.2 Å². The van der Waals surface area contributed by atoms with E-state index in [1.54, 1.807) is 27.2 Å². The zero-order chi connectivity index (χ0) is 58.3. The number of halogens is 1. The third-order valence-electron chi connectivity index (χ3n) is 17.7. The van der Waals surface area contributed by atoms with Crippen LogP contribution >= 0.6 is 22.9 Å². The first-order valence-corrected chi connectivity index (χ1v) is 30.5. The number of carbonyl (C=O) groups is 6. The molecule has 5 saturated heterocycles. The number of nitrogens with zero attached hydrogens (tertiary/aromatic N) is 7. The summed E-state index contributed by atoms with van der Waals surface area (Å²) in [6, 6.07) is 10.3. The van der Waals surface area contributed by atoms with Crippen LogP contribution in [0.25, 0.3) is 10.4 Å². The van der Waals surface area contributed by atoms with Crippen molar-refractivity contribution < 1.29 is 43.3 Å². The van der Waals surface area contributed by atoms with Gasteiger partial charge < -0.3 is 51.0 Å². The summed E-state index contributed by atoms with van der Waals surface area (Å²) in [6.07, 6.45) is 5.01. The Kier molecular flexibility index (Phi) is 17.9. The van der Waals surface area contributed by atoms with Crippen LogP contribution in [0, 0.1) is 18.3 Å². The van der Waals surface area contributed by atoms with Crippen molar-refractivity contribution in [2.75, 3.05) is 46.4 Å². The highest BCUT2D eigenvalue weighted by Crippen LogP contribution is 2.46. The van der Waals surface area contributed by atoms with E-state index in [0.29, 0.717) is 81.3 Å². The van der Waals surface area contributed by atoms with E-state index in [9.17, 15) is 29.1 Å². The van der Waals surface area contributed by atoms with E-state index in [1.165, 1.54) is 6.92 Å². The van der Waals surface area contributed by atoms with Gasteiger partial charge in [0.05, 0.1) is 57.2 Å². The maximum absolute atomic E-state index is 15.3. The Labute approximate surface area is 489 Å². The second-order valence-electron chi connectivity index (χ2n) is 24.3. The lowest BCUT2D eigenvalue weighted by atomic mass is 9.82. The minimum Gasteiger partial charge on any atom is -0.490 e. The fourth-order valence-electron chi connectivity index (χ4n) is 13.1. The molecule has 7 heterocycles. The summed E-state index contributed by atoms with van der Waals surface area (Å²) in [4.78, 5) is 93.9. The first kappa shape index (κ1) is 59.3. The number of ether oxygens (including phenoxy) is 2. The van der Waals surface area contributed by atoms with Gasteiger partial charge in [-0.1, -0.05) is 61.8 Å². The Bertz CT molecular complexity index is 2920.